The Balaban J connectivity index is 1.44. The number of nitrogens with one attached hydrogen (secondary N) is 2. The highest BCUT2D eigenvalue weighted by Gasteiger charge is 2.09. The number of amides is 1. The number of carbonyl (C=O) groups excluding carboxylic acids is 1. The second-order valence-electron chi connectivity index (χ2n) is 5.42. The van der Waals surface area contributed by atoms with E-state index in [0.29, 0.717) is 17.4 Å². The smallest absolute Gasteiger partial charge is 0.230 e. The van der Waals surface area contributed by atoms with E-state index in [1.807, 2.05) is 48.5 Å². The van der Waals surface area contributed by atoms with Crippen molar-refractivity contribution in [2.75, 3.05) is 18.2 Å². The van der Waals surface area contributed by atoms with Crippen molar-refractivity contribution >= 4 is 55.8 Å². The third-order valence-corrected chi connectivity index (χ3v) is 5.92. The molecule has 0 saturated heterocycles. The molecule has 3 aromatic rings. The molecule has 0 aliphatic heterocycles. The number of aromatic nitrogens is 2. The monoisotopic (exact) mass is 464 g/mol. The van der Waals surface area contributed by atoms with Crippen LogP contribution in [0, 0.1) is 0 Å². The predicted octanol–water partition coefficient (Wildman–Crippen LogP) is 4.46. The molecule has 9 heteroatoms. The van der Waals surface area contributed by atoms with Gasteiger partial charge < -0.3 is 15.4 Å². The van der Waals surface area contributed by atoms with Crippen molar-refractivity contribution in [3.8, 4) is 5.75 Å². The highest BCUT2D eigenvalue weighted by molar-refractivity contribution is 9.10. The Morgan fingerprint density at radius 3 is 2.78 bits per heavy atom. The average Bonchev–Trinajstić information content (AvgIpc) is 3.12. The van der Waals surface area contributed by atoms with E-state index >= 15 is 0 Å². The highest BCUT2D eigenvalue weighted by atomic mass is 79.9. The summed E-state index contributed by atoms with van der Waals surface area (Å²) in [6, 6.07) is 15.4. The lowest BCUT2D eigenvalue weighted by molar-refractivity contribution is -0.118. The number of anilines is 2. The van der Waals surface area contributed by atoms with Gasteiger partial charge in [-0.05, 0) is 35.9 Å². The molecule has 0 atom stereocenters. The van der Waals surface area contributed by atoms with Gasteiger partial charge in [-0.3, -0.25) is 4.79 Å². The molecule has 0 aliphatic carbocycles. The van der Waals surface area contributed by atoms with Gasteiger partial charge >= 0.3 is 0 Å². The standard InChI is InChI=1S/C18H17BrN4O2S2/c1-25-15-7-5-12(6-8-15)10-20-16(24)11-26-18-23-22-17(27-18)21-14-4-2-3-13(19)9-14/h2-9H,10-11H2,1H3,(H,20,24)(H,21,22). The zero-order valence-corrected chi connectivity index (χ0v) is 17.7. The summed E-state index contributed by atoms with van der Waals surface area (Å²) in [7, 11) is 1.63. The Morgan fingerprint density at radius 1 is 1.22 bits per heavy atom. The minimum Gasteiger partial charge on any atom is -0.497 e. The molecule has 0 fully saturated rings. The van der Waals surface area contributed by atoms with E-state index in [4.69, 9.17) is 4.74 Å². The first kappa shape index (κ1) is 19.7. The van der Waals surface area contributed by atoms with Crippen LogP contribution in [0.15, 0.2) is 57.3 Å². The number of hydrogen-bond acceptors (Lipinski definition) is 7. The van der Waals surface area contributed by atoms with Gasteiger partial charge in [-0.15, -0.1) is 10.2 Å². The van der Waals surface area contributed by atoms with Gasteiger partial charge in [0.2, 0.25) is 11.0 Å². The van der Waals surface area contributed by atoms with Crippen LogP contribution < -0.4 is 15.4 Å². The van der Waals surface area contributed by atoms with Gasteiger partial charge in [0, 0.05) is 16.7 Å². The van der Waals surface area contributed by atoms with Crippen LogP contribution in [0.3, 0.4) is 0 Å². The van der Waals surface area contributed by atoms with Crippen LogP contribution in [0.5, 0.6) is 5.75 Å². The molecule has 0 aliphatic rings. The number of hydrogen-bond donors (Lipinski definition) is 2. The van der Waals surface area contributed by atoms with E-state index in [1.54, 1.807) is 7.11 Å². The molecule has 27 heavy (non-hydrogen) atoms. The zero-order chi connectivity index (χ0) is 19.1. The van der Waals surface area contributed by atoms with Crippen molar-refractivity contribution < 1.29 is 9.53 Å². The second-order valence-corrected chi connectivity index (χ2v) is 8.54. The minimum absolute atomic E-state index is 0.0486. The van der Waals surface area contributed by atoms with E-state index in [-0.39, 0.29) is 5.91 Å². The topological polar surface area (TPSA) is 76.1 Å². The maximum Gasteiger partial charge on any atom is 0.230 e. The van der Waals surface area contributed by atoms with Crippen molar-refractivity contribution in [3.63, 3.8) is 0 Å². The molecule has 1 heterocycles. The Morgan fingerprint density at radius 2 is 2.04 bits per heavy atom. The van der Waals surface area contributed by atoms with Crippen LogP contribution in [0.1, 0.15) is 5.56 Å². The van der Waals surface area contributed by atoms with Gasteiger partial charge in [-0.2, -0.15) is 0 Å². The third-order valence-electron chi connectivity index (χ3n) is 3.46. The van der Waals surface area contributed by atoms with Crippen LogP contribution in [-0.2, 0) is 11.3 Å². The van der Waals surface area contributed by atoms with E-state index < -0.39 is 0 Å². The summed E-state index contributed by atoms with van der Waals surface area (Å²) in [6.07, 6.45) is 0. The van der Waals surface area contributed by atoms with E-state index in [9.17, 15) is 4.79 Å². The lowest BCUT2D eigenvalue weighted by atomic mass is 10.2. The molecule has 140 valence electrons. The molecule has 1 amide bonds. The third kappa shape index (κ3) is 6.23. The fourth-order valence-electron chi connectivity index (χ4n) is 2.13. The molecule has 0 unspecified atom stereocenters. The van der Waals surface area contributed by atoms with E-state index in [1.165, 1.54) is 23.1 Å². The first-order chi connectivity index (χ1) is 13.1. The summed E-state index contributed by atoms with van der Waals surface area (Å²) in [5.74, 6) is 1.04. The van der Waals surface area contributed by atoms with Crippen molar-refractivity contribution in [1.29, 1.82) is 0 Å². The minimum atomic E-state index is -0.0486. The van der Waals surface area contributed by atoms with Crippen molar-refractivity contribution in [2.24, 2.45) is 0 Å². The van der Waals surface area contributed by atoms with Crippen molar-refractivity contribution in [3.05, 3.63) is 58.6 Å². The molecule has 0 spiro atoms. The molecule has 2 aromatic carbocycles. The van der Waals surface area contributed by atoms with Crippen LogP contribution >= 0.6 is 39.0 Å². The molecule has 0 radical (unpaired) electrons. The number of benzene rings is 2. The van der Waals surface area contributed by atoms with Gasteiger partial charge in [0.15, 0.2) is 4.34 Å². The summed E-state index contributed by atoms with van der Waals surface area (Å²) in [4.78, 5) is 12.0. The first-order valence-electron chi connectivity index (χ1n) is 8.01. The second kappa shape index (κ2) is 9.72. The number of carbonyl (C=O) groups is 1. The molecule has 0 bridgehead atoms. The highest BCUT2D eigenvalue weighted by Crippen LogP contribution is 2.28. The molecular formula is C18H17BrN4O2S2. The van der Waals surface area contributed by atoms with Gasteiger partial charge in [0.05, 0.1) is 12.9 Å². The Kier molecular flexibility index (Phi) is 7.08. The van der Waals surface area contributed by atoms with Gasteiger partial charge in [0.25, 0.3) is 0 Å². The summed E-state index contributed by atoms with van der Waals surface area (Å²) < 4.78 is 6.85. The molecule has 2 N–H and O–H groups in total. The van der Waals surface area contributed by atoms with Gasteiger partial charge in [0.1, 0.15) is 5.75 Å². The molecule has 6 nitrogen and oxygen atoms in total. The van der Waals surface area contributed by atoms with E-state index in [0.717, 1.165) is 25.8 Å². The zero-order valence-electron chi connectivity index (χ0n) is 14.4. The number of methoxy groups -OCH3 is 1. The maximum atomic E-state index is 12.0. The number of rotatable bonds is 8. The summed E-state index contributed by atoms with van der Waals surface area (Å²) in [5.41, 5.74) is 1.94. The Labute approximate surface area is 173 Å². The van der Waals surface area contributed by atoms with Crippen LogP contribution in [-0.4, -0.2) is 29.0 Å². The maximum absolute atomic E-state index is 12.0. The average molecular weight is 465 g/mol. The number of ether oxygens (including phenoxy) is 1. The SMILES string of the molecule is COc1ccc(CNC(=O)CSc2nnc(Nc3cccc(Br)c3)s2)cc1. The first-order valence-corrected chi connectivity index (χ1v) is 10.6. The fourth-order valence-corrected chi connectivity index (χ4v) is 4.13. The Bertz CT molecular complexity index is 902. The fraction of sp³-hybridized carbons (Fsp3) is 0.167. The summed E-state index contributed by atoms with van der Waals surface area (Å²) >= 11 is 6.22. The largest absolute Gasteiger partial charge is 0.497 e. The van der Waals surface area contributed by atoms with Crippen LogP contribution in [0.25, 0.3) is 0 Å². The lowest BCUT2D eigenvalue weighted by Crippen LogP contribution is -2.24. The van der Waals surface area contributed by atoms with Gasteiger partial charge in [-0.25, -0.2) is 0 Å². The molecule has 0 saturated carbocycles. The number of thioether (sulfide) groups is 1. The van der Waals surface area contributed by atoms with Crippen molar-refractivity contribution in [2.45, 2.75) is 10.9 Å². The number of nitrogens with zero attached hydrogens (tertiary/aromatic N) is 2. The lowest BCUT2D eigenvalue weighted by Gasteiger charge is -2.05. The van der Waals surface area contributed by atoms with E-state index in [2.05, 4.69) is 36.8 Å². The normalized spacial score (nSPS) is 10.4. The van der Waals surface area contributed by atoms with Crippen LogP contribution in [0.2, 0.25) is 0 Å². The Hall–Kier alpha value is -2.10. The van der Waals surface area contributed by atoms with Crippen molar-refractivity contribution in [1.82, 2.24) is 15.5 Å². The predicted molar refractivity (Wildman–Crippen MR) is 113 cm³/mol. The number of halogens is 1. The van der Waals surface area contributed by atoms with Crippen LogP contribution in [0.4, 0.5) is 10.8 Å². The molecular weight excluding hydrogens is 448 g/mol. The summed E-state index contributed by atoms with van der Waals surface area (Å²) in [6.45, 7) is 0.481. The van der Waals surface area contributed by atoms with Gasteiger partial charge in [-0.1, -0.05) is 57.2 Å². The summed E-state index contributed by atoms with van der Waals surface area (Å²) in [5, 5.41) is 15.0. The molecule has 3 rings (SSSR count). The molecule has 1 aromatic heterocycles. The quantitative estimate of drug-likeness (QED) is 0.479.